The molecule has 0 aromatic carbocycles. The van der Waals surface area contributed by atoms with Crippen LogP contribution in [0.25, 0.3) is 0 Å². The number of hydrogen-bond donors (Lipinski definition) is 2. The van der Waals surface area contributed by atoms with Crippen LogP contribution in [-0.4, -0.2) is 103 Å². The molecule has 11 atom stereocenters. The maximum Gasteiger partial charge on any atom is 0.330 e. The number of allylic oxidation sites excluding steroid dienone is 3. The number of likely N-dealkylation sites (N-methyl/N-ethyl adjacent to an activating group) is 1. The van der Waals surface area contributed by atoms with E-state index in [1.54, 1.807) is 45.0 Å². The summed E-state index contributed by atoms with van der Waals surface area (Å²) in [5.74, 6) is -3.06. The average Bonchev–Trinajstić information content (AvgIpc) is 2.95. The molecule has 2 N–H and O–H groups in total. The summed E-state index contributed by atoms with van der Waals surface area (Å²) in [5, 5.41) is 21.8. The Morgan fingerprint density at radius 3 is 2.39 bits per heavy atom. The topological polar surface area (TPSA) is 149 Å². The summed E-state index contributed by atoms with van der Waals surface area (Å²) in [4.78, 5) is 51.3. The summed E-state index contributed by atoms with van der Waals surface area (Å²) in [6.07, 6.45) is 4.15. The fourth-order valence-electron chi connectivity index (χ4n) is 5.86. The normalized spacial score (nSPS) is 38.7. The molecule has 0 spiro atoms. The molecule has 2 aliphatic rings. The van der Waals surface area contributed by atoms with Crippen LogP contribution >= 0.6 is 0 Å². The van der Waals surface area contributed by atoms with E-state index in [1.807, 2.05) is 26.8 Å². The largest absolute Gasteiger partial charge is 0.465 e. The molecule has 0 saturated carbocycles. The lowest BCUT2D eigenvalue weighted by atomic mass is 9.81. The highest BCUT2D eigenvalue weighted by Gasteiger charge is 2.46. The predicted molar refractivity (Wildman–Crippen MR) is 163 cm³/mol. The number of carbonyl (C=O) groups is 4. The fourth-order valence-corrected chi connectivity index (χ4v) is 5.86. The summed E-state index contributed by atoms with van der Waals surface area (Å²) >= 11 is 0. The van der Waals surface area contributed by atoms with Crippen molar-refractivity contribution < 1.29 is 48.3 Å². The first-order valence-electron chi connectivity index (χ1n) is 15.4. The van der Waals surface area contributed by atoms with Crippen LogP contribution in [-0.2, 0) is 38.1 Å². The van der Waals surface area contributed by atoms with Crippen molar-refractivity contribution in [3.05, 3.63) is 36.0 Å². The number of carbonyl (C=O) groups excluding carboxylic acids is 4. The summed E-state index contributed by atoms with van der Waals surface area (Å²) in [6.45, 7) is 10.3. The van der Waals surface area contributed by atoms with Gasteiger partial charge >= 0.3 is 11.9 Å². The van der Waals surface area contributed by atoms with Crippen molar-refractivity contribution in [3.63, 3.8) is 0 Å². The molecule has 0 unspecified atom stereocenters. The molecule has 0 amide bonds. The van der Waals surface area contributed by atoms with Crippen molar-refractivity contribution in [2.45, 2.75) is 104 Å². The number of aliphatic hydroxyl groups is 2. The van der Waals surface area contributed by atoms with E-state index in [-0.39, 0.29) is 18.8 Å². The van der Waals surface area contributed by atoms with Crippen molar-refractivity contribution in [3.8, 4) is 0 Å². The molecule has 0 aliphatic carbocycles. The van der Waals surface area contributed by atoms with Crippen LogP contribution in [0.5, 0.6) is 0 Å². The van der Waals surface area contributed by atoms with Gasteiger partial charge in [0.25, 0.3) is 0 Å². The summed E-state index contributed by atoms with van der Waals surface area (Å²) in [5.41, 5.74) is 0.731. The molecule has 0 aromatic heterocycles. The van der Waals surface area contributed by atoms with E-state index in [0.717, 1.165) is 11.9 Å². The standard InChI is InChI=1S/C33H51NO10/c1-9-27-25(18-41-23(6)36)16-19(2)10-12-26(37)21(4)17-24(14-15-35)32(20(3)11-13-28(38)43-27)44-33-31(40)29(34(7)8)30(39)22(5)42-33/h10-13,15-16,20-22,24-25,27,29-33,39-40H,9,14,17-18H2,1-8H3/b12-10+,13-11+,19-16+/t20-,21+,22+,24-,25+,27+,29-,30+,31+,32+,33-/m0/s1. The lowest BCUT2D eigenvalue weighted by Gasteiger charge is -2.46. The van der Waals surface area contributed by atoms with Crippen LogP contribution in [0.1, 0.15) is 60.8 Å². The number of ketones is 1. The van der Waals surface area contributed by atoms with Crippen molar-refractivity contribution in [1.82, 2.24) is 4.90 Å². The third-order valence-corrected chi connectivity index (χ3v) is 8.37. The van der Waals surface area contributed by atoms with Gasteiger partial charge in [-0.15, -0.1) is 0 Å². The first-order chi connectivity index (χ1) is 20.7. The number of rotatable bonds is 8. The lowest BCUT2D eigenvalue weighted by molar-refractivity contribution is -0.300. The van der Waals surface area contributed by atoms with E-state index in [9.17, 15) is 29.4 Å². The third kappa shape index (κ3) is 10.7. The Morgan fingerprint density at radius 1 is 1.11 bits per heavy atom. The zero-order valence-electron chi connectivity index (χ0n) is 27.3. The minimum atomic E-state index is -1.22. The highest BCUT2D eigenvalue weighted by molar-refractivity contribution is 5.91. The first-order valence-corrected chi connectivity index (χ1v) is 15.4. The maximum atomic E-state index is 13.2. The van der Waals surface area contributed by atoms with Crippen LogP contribution in [0.4, 0.5) is 0 Å². The third-order valence-electron chi connectivity index (χ3n) is 8.37. The van der Waals surface area contributed by atoms with E-state index in [1.165, 1.54) is 19.1 Å². The second-order valence-corrected chi connectivity index (χ2v) is 12.3. The Kier molecular flexibility index (Phi) is 15.1. The Balaban J connectivity index is 2.52. The van der Waals surface area contributed by atoms with E-state index in [2.05, 4.69) is 0 Å². The summed E-state index contributed by atoms with van der Waals surface area (Å²) < 4.78 is 23.3. The van der Waals surface area contributed by atoms with Crippen LogP contribution in [0.15, 0.2) is 36.0 Å². The Hall–Kier alpha value is -2.70. The van der Waals surface area contributed by atoms with Gasteiger partial charge in [-0.2, -0.15) is 0 Å². The van der Waals surface area contributed by atoms with Gasteiger partial charge in [-0.1, -0.05) is 44.6 Å². The smallest absolute Gasteiger partial charge is 0.330 e. The van der Waals surface area contributed by atoms with Gasteiger partial charge in [0.15, 0.2) is 12.1 Å². The molecule has 2 heterocycles. The van der Waals surface area contributed by atoms with Gasteiger partial charge < -0.3 is 38.9 Å². The van der Waals surface area contributed by atoms with Crippen molar-refractivity contribution in [2.75, 3.05) is 20.7 Å². The Morgan fingerprint density at radius 2 is 1.80 bits per heavy atom. The molecule has 0 radical (unpaired) electrons. The van der Waals surface area contributed by atoms with E-state index in [4.69, 9.17) is 18.9 Å². The van der Waals surface area contributed by atoms with E-state index < -0.39 is 78.5 Å². The summed E-state index contributed by atoms with van der Waals surface area (Å²) in [6, 6.07) is -0.673. The molecular formula is C33H51NO10. The number of aldehydes is 1. The van der Waals surface area contributed by atoms with Gasteiger partial charge in [-0.05, 0) is 52.8 Å². The van der Waals surface area contributed by atoms with Crippen molar-refractivity contribution >= 4 is 24.0 Å². The highest BCUT2D eigenvalue weighted by atomic mass is 16.7. The molecule has 44 heavy (non-hydrogen) atoms. The molecule has 11 heteroatoms. The number of cyclic esters (lactones) is 1. The fraction of sp³-hybridized carbons (Fsp3) is 0.697. The number of ether oxygens (including phenoxy) is 4. The monoisotopic (exact) mass is 621 g/mol. The van der Waals surface area contributed by atoms with Gasteiger partial charge in [0, 0.05) is 37.2 Å². The lowest BCUT2D eigenvalue weighted by Crippen LogP contribution is -2.63. The molecule has 11 nitrogen and oxygen atoms in total. The van der Waals surface area contributed by atoms with Gasteiger partial charge in [0.1, 0.15) is 25.1 Å². The zero-order valence-corrected chi connectivity index (χ0v) is 27.3. The number of nitrogens with zero attached hydrogens (tertiary/aromatic N) is 1. The highest BCUT2D eigenvalue weighted by Crippen LogP contribution is 2.33. The molecule has 1 fully saturated rings. The second kappa shape index (κ2) is 17.7. The quantitative estimate of drug-likeness (QED) is 0.304. The molecule has 2 aliphatic heterocycles. The molecule has 248 valence electrons. The molecule has 2 rings (SSSR count). The van der Waals surface area contributed by atoms with Gasteiger partial charge in [0.05, 0.1) is 24.4 Å². The van der Waals surface area contributed by atoms with Gasteiger partial charge in [-0.25, -0.2) is 4.79 Å². The van der Waals surface area contributed by atoms with Crippen molar-refractivity contribution in [2.24, 2.45) is 23.7 Å². The maximum absolute atomic E-state index is 13.2. The zero-order chi connectivity index (χ0) is 33.1. The number of hydrogen-bond acceptors (Lipinski definition) is 11. The van der Waals surface area contributed by atoms with Gasteiger partial charge in [0.2, 0.25) is 0 Å². The van der Waals surface area contributed by atoms with Crippen molar-refractivity contribution in [1.29, 1.82) is 0 Å². The number of aliphatic hydroxyl groups excluding tert-OH is 2. The molecule has 0 aromatic rings. The van der Waals surface area contributed by atoms with Crippen LogP contribution in [0.2, 0.25) is 0 Å². The Bertz CT molecular complexity index is 1070. The van der Waals surface area contributed by atoms with E-state index >= 15 is 0 Å². The molecular weight excluding hydrogens is 570 g/mol. The Labute approximate surface area is 261 Å². The molecule has 1 saturated heterocycles. The minimum absolute atomic E-state index is 0.00479. The first kappa shape index (κ1) is 37.5. The van der Waals surface area contributed by atoms with Crippen LogP contribution < -0.4 is 0 Å². The average molecular weight is 622 g/mol. The van der Waals surface area contributed by atoms with E-state index in [0.29, 0.717) is 12.8 Å². The van der Waals surface area contributed by atoms with Crippen LogP contribution in [0.3, 0.4) is 0 Å². The number of esters is 2. The SMILES string of the molecule is CC[C@H]1OC(=O)/C=C/[C@H](C)[C@@H](O[C@@H]2O[C@H](C)[C@@H](O)[C@H](N(C)C)[C@H]2O)[C@@H](CC=O)C[C@@H](C)C(=O)/C=C/C(C)=C/[C@@H]1COC(C)=O. The second-order valence-electron chi connectivity index (χ2n) is 12.3. The molecule has 0 bridgehead atoms. The van der Waals surface area contributed by atoms with Gasteiger partial charge in [-0.3, -0.25) is 9.59 Å². The minimum Gasteiger partial charge on any atom is -0.465 e. The summed E-state index contributed by atoms with van der Waals surface area (Å²) in [7, 11) is 3.48. The predicted octanol–water partition coefficient (Wildman–Crippen LogP) is 2.78. The van der Waals surface area contributed by atoms with Crippen LogP contribution in [0, 0.1) is 23.7 Å².